The van der Waals surface area contributed by atoms with E-state index in [0.717, 1.165) is 5.75 Å². The van der Waals surface area contributed by atoms with Gasteiger partial charge in [-0.3, -0.25) is 0 Å². The molecule has 3 heteroatoms. The first kappa shape index (κ1) is 15.6. The average Bonchev–Trinajstić information content (AvgIpc) is 3.10. The molecule has 0 aliphatic carbocycles. The lowest BCUT2D eigenvalue weighted by atomic mass is 9.90. The highest BCUT2D eigenvalue weighted by Crippen LogP contribution is 2.35. The molecule has 0 aliphatic heterocycles. The number of hydrogen-bond donors (Lipinski definition) is 0. The van der Waals surface area contributed by atoms with Gasteiger partial charge in [0.2, 0.25) is 0 Å². The molecule has 1 atom stereocenters. The van der Waals surface area contributed by atoms with Gasteiger partial charge in [0, 0.05) is 30.6 Å². The molecule has 118 valence electrons. The molecule has 0 amide bonds. The molecule has 2 aromatic carbocycles. The minimum atomic E-state index is 0.261. The van der Waals surface area contributed by atoms with E-state index >= 15 is 0 Å². The normalized spacial score (nSPS) is 12.0. The molecule has 1 aromatic heterocycles. The van der Waals surface area contributed by atoms with E-state index in [1.807, 2.05) is 12.1 Å². The van der Waals surface area contributed by atoms with Gasteiger partial charge in [0.15, 0.2) is 0 Å². The lowest BCUT2D eigenvalue weighted by Gasteiger charge is -2.19. The predicted molar refractivity (Wildman–Crippen MR) is 99.0 cm³/mol. The molecule has 3 aromatic rings. The van der Waals surface area contributed by atoms with Crippen LogP contribution in [0.4, 0.5) is 5.69 Å². The Labute approximate surface area is 142 Å². The van der Waals surface area contributed by atoms with Gasteiger partial charge in [-0.05, 0) is 46.8 Å². The molecule has 3 rings (SSSR count). The molecule has 1 unspecified atom stereocenters. The van der Waals surface area contributed by atoms with Crippen molar-refractivity contribution in [2.45, 2.75) is 5.92 Å². The zero-order chi connectivity index (χ0) is 16.2. The second kappa shape index (κ2) is 6.88. The third kappa shape index (κ3) is 3.40. The minimum Gasteiger partial charge on any atom is -0.497 e. The smallest absolute Gasteiger partial charge is 0.118 e. The zero-order valence-corrected chi connectivity index (χ0v) is 14.5. The van der Waals surface area contributed by atoms with E-state index in [1.54, 1.807) is 18.4 Å². The summed E-state index contributed by atoms with van der Waals surface area (Å²) < 4.78 is 5.28. The number of hydrogen-bond acceptors (Lipinski definition) is 3. The van der Waals surface area contributed by atoms with Crippen LogP contribution < -0.4 is 9.64 Å². The molecule has 0 fully saturated rings. The summed E-state index contributed by atoms with van der Waals surface area (Å²) in [4.78, 5) is 3.48. The molecular weight excluding hydrogens is 302 g/mol. The molecule has 2 nitrogen and oxygen atoms in total. The van der Waals surface area contributed by atoms with Gasteiger partial charge in [-0.2, -0.15) is 0 Å². The van der Waals surface area contributed by atoms with Crippen LogP contribution >= 0.6 is 11.3 Å². The Bertz CT molecular complexity index is 730. The molecule has 0 bridgehead atoms. The van der Waals surface area contributed by atoms with E-state index in [0.29, 0.717) is 0 Å². The Morgan fingerprint density at radius 3 is 1.96 bits per heavy atom. The Hall–Kier alpha value is -2.26. The van der Waals surface area contributed by atoms with Gasteiger partial charge in [0.05, 0.1) is 7.11 Å². The average molecular weight is 323 g/mol. The van der Waals surface area contributed by atoms with E-state index in [4.69, 9.17) is 4.74 Å². The summed E-state index contributed by atoms with van der Waals surface area (Å²) in [5, 5.41) is 2.14. The summed E-state index contributed by atoms with van der Waals surface area (Å²) in [7, 11) is 5.83. The molecular formula is C20H21NOS. The lowest BCUT2D eigenvalue weighted by molar-refractivity contribution is 0.414. The maximum absolute atomic E-state index is 5.28. The van der Waals surface area contributed by atoms with Crippen molar-refractivity contribution in [3.05, 3.63) is 82.0 Å². The maximum atomic E-state index is 5.28. The van der Waals surface area contributed by atoms with E-state index < -0.39 is 0 Å². The van der Waals surface area contributed by atoms with Crippen LogP contribution in [-0.2, 0) is 0 Å². The summed E-state index contributed by atoms with van der Waals surface area (Å²) in [6.07, 6.45) is 0. The highest BCUT2D eigenvalue weighted by molar-refractivity contribution is 7.10. The van der Waals surface area contributed by atoms with Crippen molar-refractivity contribution < 1.29 is 4.74 Å². The Morgan fingerprint density at radius 2 is 1.48 bits per heavy atom. The summed E-state index contributed by atoms with van der Waals surface area (Å²) >= 11 is 1.80. The number of thiophene rings is 1. The largest absolute Gasteiger partial charge is 0.497 e. The Morgan fingerprint density at radius 1 is 0.870 bits per heavy atom. The quantitative estimate of drug-likeness (QED) is 0.655. The van der Waals surface area contributed by atoms with Gasteiger partial charge in [-0.15, -0.1) is 11.3 Å². The van der Waals surface area contributed by atoms with Crippen LogP contribution in [0.25, 0.3) is 0 Å². The molecule has 0 N–H and O–H groups in total. The van der Waals surface area contributed by atoms with Crippen molar-refractivity contribution in [1.29, 1.82) is 0 Å². The standard InChI is InChI=1S/C20H21NOS/c1-21(2)17-10-6-15(7-11-17)20(19-5-4-14-23-19)16-8-12-18(22-3)13-9-16/h4-14,20H,1-3H3. The van der Waals surface area contributed by atoms with Gasteiger partial charge < -0.3 is 9.64 Å². The Balaban J connectivity index is 2.01. The fourth-order valence-electron chi connectivity index (χ4n) is 2.74. The van der Waals surface area contributed by atoms with E-state index in [2.05, 4.69) is 72.9 Å². The topological polar surface area (TPSA) is 12.5 Å². The molecule has 0 saturated heterocycles. The van der Waals surface area contributed by atoms with Crippen LogP contribution in [0.2, 0.25) is 0 Å². The van der Waals surface area contributed by atoms with Crippen molar-refractivity contribution in [3.8, 4) is 5.75 Å². The second-order valence-electron chi connectivity index (χ2n) is 5.71. The number of rotatable bonds is 5. The van der Waals surface area contributed by atoms with Gasteiger partial charge in [-0.1, -0.05) is 30.3 Å². The first-order valence-electron chi connectivity index (χ1n) is 7.63. The number of ether oxygens (including phenoxy) is 1. The summed E-state index contributed by atoms with van der Waals surface area (Å²) in [6.45, 7) is 0. The third-order valence-corrected chi connectivity index (χ3v) is 4.96. The fraction of sp³-hybridized carbons (Fsp3) is 0.200. The number of benzene rings is 2. The molecule has 0 radical (unpaired) electrons. The zero-order valence-electron chi connectivity index (χ0n) is 13.7. The van der Waals surface area contributed by atoms with Crippen LogP contribution in [-0.4, -0.2) is 21.2 Å². The fourth-order valence-corrected chi connectivity index (χ4v) is 3.62. The van der Waals surface area contributed by atoms with Gasteiger partial charge in [0.1, 0.15) is 5.75 Å². The maximum Gasteiger partial charge on any atom is 0.118 e. The molecule has 0 aliphatic rings. The van der Waals surface area contributed by atoms with Gasteiger partial charge in [-0.25, -0.2) is 0 Å². The van der Waals surface area contributed by atoms with Gasteiger partial charge in [0.25, 0.3) is 0 Å². The van der Waals surface area contributed by atoms with Crippen LogP contribution in [0, 0.1) is 0 Å². The van der Waals surface area contributed by atoms with Crippen molar-refractivity contribution in [2.24, 2.45) is 0 Å². The van der Waals surface area contributed by atoms with E-state index in [-0.39, 0.29) is 5.92 Å². The van der Waals surface area contributed by atoms with Crippen molar-refractivity contribution in [3.63, 3.8) is 0 Å². The first-order valence-corrected chi connectivity index (χ1v) is 8.51. The number of methoxy groups -OCH3 is 1. The third-order valence-electron chi connectivity index (χ3n) is 4.02. The lowest BCUT2D eigenvalue weighted by Crippen LogP contribution is -2.09. The molecule has 0 saturated carbocycles. The van der Waals surface area contributed by atoms with E-state index in [9.17, 15) is 0 Å². The molecule has 0 spiro atoms. The summed E-state index contributed by atoms with van der Waals surface area (Å²) in [6, 6.07) is 21.5. The van der Waals surface area contributed by atoms with Crippen LogP contribution in [0.3, 0.4) is 0 Å². The van der Waals surface area contributed by atoms with Crippen molar-refractivity contribution in [1.82, 2.24) is 0 Å². The minimum absolute atomic E-state index is 0.261. The highest BCUT2D eigenvalue weighted by atomic mass is 32.1. The van der Waals surface area contributed by atoms with E-state index in [1.165, 1.54) is 21.7 Å². The van der Waals surface area contributed by atoms with Crippen LogP contribution in [0.15, 0.2) is 66.0 Å². The number of anilines is 1. The van der Waals surface area contributed by atoms with Crippen LogP contribution in [0.1, 0.15) is 21.9 Å². The van der Waals surface area contributed by atoms with Crippen LogP contribution in [0.5, 0.6) is 5.75 Å². The second-order valence-corrected chi connectivity index (χ2v) is 6.69. The molecule has 23 heavy (non-hydrogen) atoms. The SMILES string of the molecule is COc1ccc(C(c2ccc(N(C)C)cc2)c2cccs2)cc1. The number of nitrogens with zero attached hydrogens (tertiary/aromatic N) is 1. The van der Waals surface area contributed by atoms with Gasteiger partial charge >= 0.3 is 0 Å². The monoisotopic (exact) mass is 323 g/mol. The first-order chi connectivity index (χ1) is 11.2. The highest BCUT2D eigenvalue weighted by Gasteiger charge is 2.18. The summed E-state index contributed by atoms with van der Waals surface area (Å²) in [5.41, 5.74) is 3.81. The van der Waals surface area contributed by atoms with Crippen molar-refractivity contribution in [2.75, 3.05) is 26.1 Å². The Kier molecular flexibility index (Phi) is 4.68. The summed E-state index contributed by atoms with van der Waals surface area (Å²) in [5.74, 6) is 1.15. The van der Waals surface area contributed by atoms with Crippen molar-refractivity contribution >= 4 is 17.0 Å². The molecule has 1 heterocycles. The predicted octanol–water partition coefficient (Wildman–Crippen LogP) is 5.00.